The Hall–Kier alpha value is -3.05. The quantitative estimate of drug-likeness (QED) is 0.319. The SMILES string of the molecule is N#Cc1cc(CCC(=O)O)ccc1N1C[C@@H]2C[C@H]1C[C@H]2OCc1c(-c2c(Cl)cccc2Cl)noc1C1CC1. The van der Waals surface area contributed by atoms with Crippen LogP contribution in [0.5, 0.6) is 0 Å². The zero-order valence-corrected chi connectivity index (χ0v) is 22.2. The summed E-state index contributed by atoms with van der Waals surface area (Å²) in [5.74, 6) is 0.764. The Morgan fingerprint density at radius 1 is 1.21 bits per heavy atom. The number of benzene rings is 2. The second-order valence-electron chi connectivity index (χ2n) is 10.5. The molecule has 2 aliphatic carbocycles. The molecular weight excluding hydrogens is 525 g/mol. The molecule has 196 valence electrons. The first-order valence-electron chi connectivity index (χ1n) is 13.0. The zero-order valence-electron chi connectivity index (χ0n) is 20.7. The number of carboxylic acid groups (broad SMARTS) is 1. The molecule has 0 spiro atoms. The summed E-state index contributed by atoms with van der Waals surface area (Å²) in [6, 6.07) is 13.7. The Kier molecular flexibility index (Phi) is 6.81. The molecule has 6 rings (SSSR count). The van der Waals surface area contributed by atoms with E-state index >= 15 is 0 Å². The van der Waals surface area contributed by atoms with Gasteiger partial charge in [-0.1, -0.05) is 40.5 Å². The third-order valence-electron chi connectivity index (χ3n) is 8.00. The van der Waals surface area contributed by atoms with Crippen molar-refractivity contribution in [1.29, 1.82) is 5.26 Å². The van der Waals surface area contributed by atoms with E-state index < -0.39 is 5.97 Å². The van der Waals surface area contributed by atoms with E-state index in [1.165, 1.54) is 0 Å². The fourth-order valence-electron chi connectivity index (χ4n) is 5.97. The number of aliphatic carboxylic acids is 1. The van der Waals surface area contributed by atoms with Gasteiger partial charge >= 0.3 is 5.97 Å². The number of nitriles is 1. The average Bonchev–Trinajstić information content (AvgIpc) is 3.36. The number of aryl methyl sites for hydroxylation is 1. The van der Waals surface area contributed by atoms with Crippen LogP contribution < -0.4 is 4.90 Å². The minimum absolute atomic E-state index is 0.0523. The number of hydrogen-bond donors (Lipinski definition) is 1. The fraction of sp³-hybridized carbons (Fsp3) is 0.414. The number of halogens is 2. The Morgan fingerprint density at radius 3 is 2.66 bits per heavy atom. The summed E-state index contributed by atoms with van der Waals surface area (Å²) in [6.07, 6.45) is 4.62. The number of carboxylic acids is 1. The van der Waals surface area contributed by atoms with Crippen LogP contribution in [0.2, 0.25) is 10.0 Å². The van der Waals surface area contributed by atoms with Crippen molar-refractivity contribution in [3.63, 3.8) is 0 Å². The van der Waals surface area contributed by atoms with E-state index in [1.54, 1.807) is 12.1 Å². The second kappa shape index (κ2) is 10.3. The van der Waals surface area contributed by atoms with Crippen molar-refractivity contribution in [3.05, 3.63) is 68.9 Å². The van der Waals surface area contributed by atoms with Crippen LogP contribution in [-0.4, -0.2) is 34.9 Å². The normalized spacial score (nSPS) is 22.1. The highest BCUT2D eigenvalue weighted by Crippen LogP contribution is 2.47. The highest BCUT2D eigenvalue weighted by atomic mass is 35.5. The molecule has 1 aliphatic heterocycles. The lowest BCUT2D eigenvalue weighted by molar-refractivity contribution is -0.136. The summed E-state index contributed by atoms with van der Waals surface area (Å²) < 4.78 is 12.3. The number of anilines is 1. The van der Waals surface area contributed by atoms with E-state index in [0.29, 0.717) is 57.8 Å². The van der Waals surface area contributed by atoms with Gasteiger partial charge in [0.2, 0.25) is 0 Å². The van der Waals surface area contributed by atoms with Crippen LogP contribution in [0.15, 0.2) is 40.9 Å². The average molecular weight is 552 g/mol. The van der Waals surface area contributed by atoms with Crippen LogP contribution in [0.3, 0.4) is 0 Å². The Labute approximate surface area is 230 Å². The molecule has 0 radical (unpaired) electrons. The number of carbonyl (C=O) groups is 1. The molecule has 38 heavy (non-hydrogen) atoms. The number of aromatic nitrogens is 1. The van der Waals surface area contributed by atoms with Crippen LogP contribution in [0.25, 0.3) is 11.3 Å². The third-order valence-corrected chi connectivity index (χ3v) is 8.63. The molecule has 1 N–H and O–H groups in total. The molecule has 2 bridgehead atoms. The lowest BCUT2D eigenvalue weighted by atomic mass is 10.0. The minimum Gasteiger partial charge on any atom is -0.481 e. The monoisotopic (exact) mass is 551 g/mol. The standard InChI is InChI=1S/C29H27Cl2N3O4/c30-22-2-1-3-23(31)27(22)28-21(29(38-33-28)17-6-7-17)15-37-25-12-20-11-19(25)14-34(20)24-8-4-16(5-9-26(35)36)10-18(24)13-32/h1-4,8,10,17,19-20,25H,5-7,9,11-12,14-15H2,(H,35,36)/t19-,20-,25+/m0/s1. The smallest absolute Gasteiger partial charge is 0.303 e. The van der Waals surface area contributed by atoms with Crippen molar-refractivity contribution in [2.75, 3.05) is 11.4 Å². The van der Waals surface area contributed by atoms with Gasteiger partial charge in [0.1, 0.15) is 17.5 Å². The maximum absolute atomic E-state index is 10.9. The van der Waals surface area contributed by atoms with Gasteiger partial charge in [-0.25, -0.2) is 0 Å². The van der Waals surface area contributed by atoms with E-state index in [0.717, 1.165) is 54.8 Å². The van der Waals surface area contributed by atoms with Crippen LogP contribution in [-0.2, 0) is 22.6 Å². The molecule has 2 saturated carbocycles. The maximum atomic E-state index is 10.9. The molecule has 3 atom stereocenters. The maximum Gasteiger partial charge on any atom is 0.303 e. The molecule has 2 heterocycles. The zero-order chi connectivity index (χ0) is 26.4. The summed E-state index contributed by atoms with van der Waals surface area (Å²) >= 11 is 13.0. The van der Waals surface area contributed by atoms with Gasteiger partial charge in [-0.3, -0.25) is 4.79 Å². The second-order valence-corrected chi connectivity index (χ2v) is 11.3. The van der Waals surface area contributed by atoms with Crippen molar-refractivity contribution in [3.8, 4) is 17.3 Å². The predicted molar refractivity (Wildman–Crippen MR) is 143 cm³/mol. The van der Waals surface area contributed by atoms with Crippen molar-refractivity contribution in [2.45, 2.75) is 63.2 Å². The third kappa shape index (κ3) is 4.77. The predicted octanol–water partition coefficient (Wildman–Crippen LogP) is 6.60. The van der Waals surface area contributed by atoms with Crippen molar-refractivity contribution in [1.82, 2.24) is 5.16 Å². The van der Waals surface area contributed by atoms with Gasteiger partial charge in [0, 0.05) is 42.0 Å². The largest absolute Gasteiger partial charge is 0.481 e. The molecule has 2 aromatic carbocycles. The van der Waals surface area contributed by atoms with E-state index in [4.69, 9.17) is 37.6 Å². The van der Waals surface area contributed by atoms with Crippen LogP contribution in [0.4, 0.5) is 5.69 Å². The molecule has 9 heteroatoms. The van der Waals surface area contributed by atoms with Gasteiger partial charge in [-0.05, 0) is 61.9 Å². The van der Waals surface area contributed by atoms with Gasteiger partial charge in [0.15, 0.2) is 0 Å². The van der Waals surface area contributed by atoms with E-state index in [1.807, 2.05) is 24.3 Å². The van der Waals surface area contributed by atoms with Gasteiger partial charge in [0.05, 0.1) is 34.0 Å². The minimum atomic E-state index is -0.840. The first-order chi connectivity index (χ1) is 18.4. The van der Waals surface area contributed by atoms with Gasteiger partial charge < -0.3 is 19.3 Å². The first kappa shape index (κ1) is 25.2. The molecule has 1 aromatic heterocycles. The van der Waals surface area contributed by atoms with Crippen molar-refractivity contribution in [2.24, 2.45) is 5.92 Å². The first-order valence-corrected chi connectivity index (χ1v) is 13.7. The highest BCUT2D eigenvalue weighted by molar-refractivity contribution is 6.39. The molecule has 3 aromatic rings. The van der Waals surface area contributed by atoms with Gasteiger partial charge in [0.25, 0.3) is 0 Å². The molecule has 7 nitrogen and oxygen atoms in total. The summed E-state index contributed by atoms with van der Waals surface area (Å²) in [6.45, 7) is 1.21. The molecule has 0 amide bonds. The van der Waals surface area contributed by atoms with Crippen LogP contribution in [0.1, 0.15) is 60.5 Å². The number of hydrogen-bond acceptors (Lipinski definition) is 6. The lowest BCUT2D eigenvalue weighted by Crippen LogP contribution is -2.39. The number of piperidine rings is 1. The van der Waals surface area contributed by atoms with Crippen molar-refractivity contribution >= 4 is 34.9 Å². The van der Waals surface area contributed by atoms with Gasteiger partial charge in [-0.15, -0.1) is 0 Å². The van der Waals surface area contributed by atoms with Crippen LogP contribution >= 0.6 is 23.2 Å². The van der Waals surface area contributed by atoms with E-state index in [-0.39, 0.29) is 12.5 Å². The van der Waals surface area contributed by atoms with Crippen LogP contribution in [0, 0.1) is 17.2 Å². The Bertz CT molecular complexity index is 1410. The molecule has 3 fully saturated rings. The fourth-order valence-corrected chi connectivity index (χ4v) is 6.55. The number of fused-ring (bicyclic) bond motifs is 2. The molecular formula is C29H27Cl2N3O4. The lowest BCUT2D eigenvalue weighted by Gasteiger charge is -2.34. The summed E-state index contributed by atoms with van der Waals surface area (Å²) in [5.41, 5.74) is 4.66. The topological polar surface area (TPSA) is 99.6 Å². The summed E-state index contributed by atoms with van der Waals surface area (Å²) in [4.78, 5) is 13.2. The van der Waals surface area contributed by atoms with E-state index in [9.17, 15) is 10.1 Å². The highest BCUT2D eigenvalue weighted by Gasteiger charge is 2.46. The summed E-state index contributed by atoms with van der Waals surface area (Å²) in [7, 11) is 0. The molecule has 0 unspecified atom stereocenters. The van der Waals surface area contributed by atoms with Crippen molar-refractivity contribution < 1.29 is 19.2 Å². The molecule has 1 saturated heterocycles. The number of nitrogens with zero attached hydrogens (tertiary/aromatic N) is 3. The van der Waals surface area contributed by atoms with Gasteiger partial charge in [-0.2, -0.15) is 5.26 Å². The molecule has 3 aliphatic rings. The Morgan fingerprint density at radius 2 is 2.00 bits per heavy atom. The number of rotatable bonds is 9. The van der Waals surface area contributed by atoms with E-state index in [2.05, 4.69) is 16.1 Å². The summed E-state index contributed by atoms with van der Waals surface area (Å²) in [5, 5.41) is 24.2. The Balaban J connectivity index is 1.16. The number of ether oxygens (including phenoxy) is 1.